The molecule has 0 spiro atoms. The third kappa shape index (κ3) is 4.66. The lowest BCUT2D eigenvalue weighted by atomic mass is 9.98. The number of rotatable bonds is 7. The third-order valence-electron chi connectivity index (χ3n) is 5.28. The van der Waals surface area contributed by atoms with Gasteiger partial charge in [0.1, 0.15) is 16.4 Å². The minimum Gasteiger partial charge on any atom is -0.497 e. The lowest BCUT2D eigenvalue weighted by Crippen LogP contribution is -2.05. The first kappa shape index (κ1) is 22.3. The highest BCUT2D eigenvalue weighted by Gasteiger charge is 2.24. The number of thiophene rings is 1. The monoisotopic (exact) mass is 458 g/mol. The van der Waals surface area contributed by atoms with Crippen LogP contribution in [-0.4, -0.2) is 24.0 Å². The fourth-order valence-electron chi connectivity index (χ4n) is 3.65. The fraction of sp³-hybridized carbons (Fsp3) is 0.111. The number of aliphatic carboxylic acids is 1. The Labute approximate surface area is 195 Å². The molecule has 4 rings (SSSR count). The second kappa shape index (κ2) is 9.30. The Balaban J connectivity index is 1.79. The van der Waals surface area contributed by atoms with Crippen molar-refractivity contribution in [2.24, 2.45) is 0 Å². The zero-order chi connectivity index (χ0) is 23.5. The molecule has 0 saturated carbocycles. The summed E-state index contributed by atoms with van der Waals surface area (Å²) in [6, 6.07) is 18.5. The molecule has 0 radical (unpaired) electrons. The van der Waals surface area contributed by atoms with E-state index >= 15 is 0 Å². The molecule has 1 aromatic heterocycles. The predicted octanol–water partition coefficient (Wildman–Crippen LogP) is 6.65. The van der Waals surface area contributed by atoms with Crippen molar-refractivity contribution < 1.29 is 24.2 Å². The van der Waals surface area contributed by atoms with E-state index in [4.69, 9.17) is 14.6 Å². The number of hydrogen-bond acceptors (Lipinski definition) is 5. The summed E-state index contributed by atoms with van der Waals surface area (Å²) in [6.07, 6.45) is 2.59. The van der Waals surface area contributed by atoms with Crippen molar-refractivity contribution in [1.29, 1.82) is 0 Å². The molecule has 0 aliphatic carbocycles. The Hall–Kier alpha value is -3.90. The van der Waals surface area contributed by atoms with Gasteiger partial charge >= 0.3 is 5.97 Å². The number of carbonyl (C=O) groups excluding carboxylic acids is 1. The maximum atomic E-state index is 13.7. The highest BCUT2D eigenvalue weighted by molar-refractivity contribution is 7.21. The highest BCUT2D eigenvalue weighted by Crippen LogP contribution is 2.43. The number of ether oxygens (including phenoxy) is 2. The molecule has 166 valence electrons. The SMILES string of the molecule is COc1ccc2c(Oc3ccc(/C=C/C(=O)O)cc3)c(C(=O)c3c(C)cccc3C)sc2c1. The van der Waals surface area contributed by atoms with Gasteiger partial charge in [-0.1, -0.05) is 30.3 Å². The molecule has 0 fully saturated rings. The summed E-state index contributed by atoms with van der Waals surface area (Å²) < 4.78 is 12.5. The molecule has 0 unspecified atom stereocenters. The van der Waals surface area contributed by atoms with E-state index in [1.54, 1.807) is 31.4 Å². The number of carboxylic acids is 1. The van der Waals surface area contributed by atoms with Gasteiger partial charge in [0, 0.05) is 21.7 Å². The number of hydrogen-bond donors (Lipinski definition) is 1. The number of benzene rings is 3. The molecular formula is C27H22O5S. The topological polar surface area (TPSA) is 72.8 Å². The Kier molecular flexibility index (Phi) is 6.29. The van der Waals surface area contributed by atoms with Crippen molar-refractivity contribution in [3.8, 4) is 17.2 Å². The molecule has 33 heavy (non-hydrogen) atoms. The van der Waals surface area contributed by atoms with E-state index in [0.717, 1.165) is 32.9 Å². The number of carbonyl (C=O) groups is 2. The van der Waals surface area contributed by atoms with Gasteiger partial charge in [-0.25, -0.2) is 4.79 Å². The van der Waals surface area contributed by atoms with Gasteiger partial charge in [-0.3, -0.25) is 4.79 Å². The van der Waals surface area contributed by atoms with Crippen LogP contribution in [0.25, 0.3) is 16.2 Å². The van der Waals surface area contributed by atoms with Gasteiger partial charge < -0.3 is 14.6 Å². The van der Waals surface area contributed by atoms with E-state index in [2.05, 4.69) is 0 Å². The van der Waals surface area contributed by atoms with Gasteiger partial charge in [-0.05, 0) is 66.9 Å². The Morgan fingerprint density at radius 3 is 2.24 bits per heavy atom. The predicted molar refractivity (Wildman–Crippen MR) is 131 cm³/mol. The van der Waals surface area contributed by atoms with Crippen molar-refractivity contribution in [3.05, 3.63) is 93.9 Å². The summed E-state index contributed by atoms with van der Waals surface area (Å²) in [5.41, 5.74) is 3.23. The first-order chi connectivity index (χ1) is 15.9. The van der Waals surface area contributed by atoms with Gasteiger partial charge in [-0.2, -0.15) is 0 Å². The van der Waals surface area contributed by atoms with Gasteiger partial charge in [0.15, 0.2) is 5.75 Å². The van der Waals surface area contributed by atoms with Crippen LogP contribution in [-0.2, 0) is 4.79 Å². The molecule has 0 aliphatic heterocycles. The molecule has 0 amide bonds. The quantitative estimate of drug-likeness (QED) is 0.248. The Bertz CT molecular complexity index is 1360. The second-order valence-electron chi connectivity index (χ2n) is 7.56. The first-order valence-corrected chi connectivity index (χ1v) is 11.1. The lowest BCUT2D eigenvalue weighted by Gasteiger charge is -2.11. The van der Waals surface area contributed by atoms with Gasteiger partial charge in [0.25, 0.3) is 0 Å². The van der Waals surface area contributed by atoms with Crippen molar-refractivity contribution >= 4 is 39.3 Å². The molecule has 0 atom stereocenters. The summed E-state index contributed by atoms with van der Waals surface area (Å²) in [4.78, 5) is 24.9. The van der Waals surface area contributed by atoms with E-state index in [9.17, 15) is 9.59 Å². The average Bonchev–Trinajstić information content (AvgIpc) is 3.15. The van der Waals surface area contributed by atoms with Crippen LogP contribution < -0.4 is 9.47 Å². The average molecular weight is 459 g/mol. The van der Waals surface area contributed by atoms with Gasteiger partial charge in [0.05, 0.1) is 7.11 Å². The Morgan fingerprint density at radius 1 is 0.939 bits per heavy atom. The second-order valence-corrected chi connectivity index (χ2v) is 8.61. The number of carboxylic acid groups (broad SMARTS) is 1. The van der Waals surface area contributed by atoms with E-state index in [-0.39, 0.29) is 5.78 Å². The number of aryl methyl sites for hydroxylation is 2. The van der Waals surface area contributed by atoms with Gasteiger partial charge in [0.2, 0.25) is 5.78 Å². The van der Waals surface area contributed by atoms with E-state index in [1.165, 1.54) is 17.4 Å². The van der Waals surface area contributed by atoms with Crippen LogP contribution in [0.4, 0.5) is 0 Å². The van der Waals surface area contributed by atoms with Crippen LogP contribution in [0.1, 0.15) is 31.9 Å². The lowest BCUT2D eigenvalue weighted by molar-refractivity contribution is -0.131. The van der Waals surface area contributed by atoms with E-state index in [1.807, 2.05) is 50.2 Å². The molecule has 0 aliphatic rings. The molecule has 4 aromatic rings. The highest BCUT2D eigenvalue weighted by atomic mass is 32.1. The smallest absolute Gasteiger partial charge is 0.328 e. The summed E-state index contributed by atoms with van der Waals surface area (Å²) in [5.74, 6) is 0.663. The number of fused-ring (bicyclic) bond motifs is 1. The van der Waals surface area contributed by atoms with E-state index in [0.29, 0.717) is 27.7 Å². The van der Waals surface area contributed by atoms with Gasteiger partial charge in [-0.15, -0.1) is 11.3 Å². The molecule has 6 heteroatoms. The van der Waals surface area contributed by atoms with Crippen LogP contribution in [0.3, 0.4) is 0 Å². The largest absolute Gasteiger partial charge is 0.497 e. The molecule has 5 nitrogen and oxygen atoms in total. The number of ketones is 1. The zero-order valence-corrected chi connectivity index (χ0v) is 19.2. The van der Waals surface area contributed by atoms with Crippen molar-refractivity contribution in [3.63, 3.8) is 0 Å². The summed E-state index contributed by atoms with van der Waals surface area (Å²) in [6.45, 7) is 3.86. The zero-order valence-electron chi connectivity index (χ0n) is 18.4. The first-order valence-electron chi connectivity index (χ1n) is 10.3. The summed E-state index contributed by atoms with van der Waals surface area (Å²) in [5, 5.41) is 9.63. The van der Waals surface area contributed by atoms with Crippen LogP contribution in [0, 0.1) is 13.8 Å². The normalized spacial score (nSPS) is 11.1. The van der Waals surface area contributed by atoms with Crippen LogP contribution >= 0.6 is 11.3 Å². The minimum absolute atomic E-state index is 0.0817. The molecule has 0 bridgehead atoms. The maximum Gasteiger partial charge on any atom is 0.328 e. The van der Waals surface area contributed by atoms with Crippen LogP contribution in [0.2, 0.25) is 0 Å². The minimum atomic E-state index is -1.01. The molecule has 1 heterocycles. The Morgan fingerprint density at radius 2 is 1.61 bits per heavy atom. The van der Waals surface area contributed by atoms with Crippen LogP contribution in [0.15, 0.2) is 66.7 Å². The standard InChI is InChI=1S/C27H22O5S/c1-16-5-4-6-17(2)24(16)25(30)27-26(21-13-12-20(31-3)15-22(21)33-27)32-19-10-7-18(8-11-19)9-14-23(28)29/h4-15H,1-3H3,(H,28,29)/b14-9+. The molecular weight excluding hydrogens is 436 g/mol. The maximum absolute atomic E-state index is 13.7. The van der Waals surface area contributed by atoms with Crippen molar-refractivity contribution in [2.75, 3.05) is 7.11 Å². The summed E-state index contributed by atoms with van der Waals surface area (Å²) >= 11 is 1.38. The van der Waals surface area contributed by atoms with Crippen LogP contribution in [0.5, 0.6) is 17.2 Å². The number of methoxy groups -OCH3 is 1. The van der Waals surface area contributed by atoms with Crippen molar-refractivity contribution in [2.45, 2.75) is 13.8 Å². The molecule has 3 aromatic carbocycles. The van der Waals surface area contributed by atoms with E-state index < -0.39 is 5.97 Å². The third-order valence-corrected chi connectivity index (χ3v) is 6.42. The summed E-state index contributed by atoms with van der Waals surface area (Å²) in [7, 11) is 1.61. The molecule has 0 saturated heterocycles. The molecule has 1 N–H and O–H groups in total. The fourth-order valence-corrected chi connectivity index (χ4v) is 4.75. The van der Waals surface area contributed by atoms with Crippen molar-refractivity contribution in [1.82, 2.24) is 0 Å².